The highest BCUT2D eigenvalue weighted by Gasteiger charge is 2.19. The summed E-state index contributed by atoms with van der Waals surface area (Å²) in [5.74, 6) is 0. The van der Waals surface area contributed by atoms with E-state index in [2.05, 4.69) is 20.0 Å². The predicted molar refractivity (Wildman–Crippen MR) is 75.2 cm³/mol. The molecule has 8 heteroatoms. The highest BCUT2D eigenvalue weighted by Crippen LogP contribution is 2.20. The Labute approximate surface area is 117 Å². The second-order valence-corrected chi connectivity index (χ2v) is 5.13. The van der Waals surface area contributed by atoms with Crippen LogP contribution in [-0.4, -0.2) is 27.9 Å². The van der Waals surface area contributed by atoms with E-state index in [1.165, 1.54) is 18.4 Å². The lowest BCUT2D eigenvalue weighted by Crippen LogP contribution is -2.13. The third-order valence-corrected chi connectivity index (χ3v) is 3.48. The number of thioether (sulfide) groups is 1. The topological polar surface area (TPSA) is 90.5 Å². The van der Waals surface area contributed by atoms with Crippen molar-refractivity contribution in [2.24, 2.45) is 5.16 Å². The first-order valence-electron chi connectivity index (χ1n) is 5.16. The van der Waals surface area contributed by atoms with Gasteiger partial charge in [-0.25, -0.2) is 9.97 Å². The minimum Gasteiger partial charge on any atom is -0.398 e. The number of thiazole rings is 1. The summed E-state index contributed by atoms with van der Waals surface area (Å²) in [6.07, 6.45) is 1.61. The molecule has 2 aromatic rings. The highest BCUT2D eigenvalue weighted by atomic mass is 32.2. The fourth-order valence-electron chi connectivity index (χ4n) is 1.23. The molecule has 2 N–H and O–H groups in total. The minimum absolute atomic E-state index is 0.117. The number of anilines is 1. The summed E-state index contributed by atoms with van der Waals surface area (Å²) in [6, 6.07) is 5.32. The molecule has 0 saturated heterocycles. The first-order valence-corrected chi connectivity index (χ1v) is 6.86. The molecule has 2 heterocycles. The van der Waals surface area contributed by atoms with Gasteiger partial charge in [0.15, 0.2) is 10.8 Å². The molecule has 2 aromatic heterocycles. The molecule has 0 saturated carbocycles. The summed E-state index contributed by atoms with van der Waals surface area (Å²) in [6.45, 7) is 0. The lowest BCUT2D eigenvalue weighted by atomic mass is 10.3. The van der Waals surface area contributed by atoms with Crippen molar-refractivity contribution in [3.05, 3.63) is 35.5 Å². The molecule has 0 spiro atoms. The van der Waals surface area contributed by atoms with Gasteiger partial charge in [-0.3, -0.25) is 4.79 Å². The molecule has 0 bridgehead atoms. The highest BCUT2D eigenvalue weighted by molar-refractivity contribution is 8.15. The van der Waals surface area contributed by atoms with E-state index in [9.17, 15) is 4.79 Å². The van der Waals surface area contributed by atoms with Gasteiger partial charge in [-0.1, -0.05) is 11.2 Å². The van der Waals surface area contributed by atoms with Gasteiger partial charge in [0.2, 0.25) is 5.12 Å². The minimum atomic E-state index is -0.300. The molecular weight excluding hydrogens is 284 g/mol. The average molecular weight is 294 g/mol. The number of nitrogen functional groups attached to an aromatic ring is 1. The Kier molecular flexibility index (Phi) is 4.48. The summed E-state index contributed by atoms with van der Waals surface area (Å²) in [5.41, 5.74) is 6.06. The van der Waals surface area contributed by atoms with Gasteiger partial charge in [0.05, 0.1) is 0 Å². The Bertz CT molecular complexity index is 598. The smallest absolute Gasteiger partial charge is 0.249 e. The van der Waals surface area contributed by atoms with Crippen LogP contribution in [0.4, 0.5) is 5.13 Å². The van der Waals surface area contributed by atoms with Gasteiger partial charge < -0.3 is 10.6 Å². The third-order valence-electron chi connectivity index (χ3n) is 1.98. The molecule has 0 amide bonds. The number of rotatable bonds is 4. The van der Waals surface area contributed by atoms with E-state index >= 15 is 0 Å². The predicted octanol–water partition coefficient (Wildman–Crippen LogP) is 1.79. The monoisotopic (exact) mass is 294 g/mol. The molecular formula is C11H10N4O2S2. The van der Waals surface area contributed by atoms with E-state index in [1.807, 2.05) is 0 Å². The van der Waals surface area contributed by atoms with Crippen molar-refractivity contribution in [3.63, 3.8) is 0 Å². The van der Waals surface area contributed by atoms with Crippen LogP contribution in [0.5, 0.6) is 0 Å². The number of carbonyl (C=O) groups is 1. The number of carbonyl (C=O) groups excluding carboxylic acids is 1. The molecule has 0 unspecified atom stereocenters. The normalized spacial score (nSPS) is 11.3. The van der Waals surface area contributed by atoms with Crippen molar-refractivity contribution in [1.29, 1.82) is 0 Å². The largest absolute Gasteiger partial charge is 0.398 e. The average Bonchev–Trinajstić information content (AvgIpc) is 2.83. The summed E-state index contributed by atoms with van der Waals surface area (Å²) in [7, 11) is 1.37. The van der Waals surface area contributed by atoms with Crippen LogP contribution >= 0.6 is 23.1 Å². The maximum atomic E-state index is 12.1. The van der Waals surface area contributed by atoms with E-state index in [0.29, 0.717) is 15.9 Å². The van der Waals surface area contributed by atoms with Gasteiger partial charge in [0, 0.05) is 11.6 Å². The number of hydrogen-bond acceptors (Lipinski definition) is 8. The molecule has 19 heavy (non-hydrogen) atoms. The molecule has 0 fully saturated rings. The number of pyridine rings is 1. The van der Waals surface area contributed by atoms with Crippen LogP contribution in [0.1, 0.15) is 5.69 Å². The lowest BCUT2D eigenvalue weighted by molar-refractivity contribution is -0.105. The molecule has 2 rings (SSSR count). The Hall–Kier alpha value is -1.93. The van der Waals surface area contributed by atoms with Gasteiger partial charge in [-0.05, 0) is 23.9 Å². The maximum Gasteiger partial charge on any atom is 0.249 e. The van der Waals surface area contributed by atoms with E-state index in [1.54, 1.807) is 29.8 Å². The van der Waals surface area contributed by atoms with Gasteiger partial charge >= 0.3 is 0 Å². The number of aromatic nitrogens is 2. The SMILES string of the molecule is CO/N=C(\C(=O)Sc1ccccn1)c1csc(N)n1. The molecule has 0 aliphatic rings. The van der Waals surface area contributed by atoms with E-state index in [-0.39, 0.29) is 10.8 Å². The van der Waals surface area contributed by atoms with Crippen LogP contribution in [-0.2, 0) is 9.63 Å². The van der Waals surface area contributed by atoms with Crippen molar-refractivity contribution in [2.75, 3.05) is 12.8 Å². The van der Waals surface area contributed by atoms with Gasteiger partial charge in [-0.15, -0.1) is 11.3 Å². The fourth-order valence-corrected chi connectivity index (χ4v) is 2.46. The van der Waals surface area contributed by atoms with Crippen molar-refractivity contribution in [3.8, 4) is 0 Å². The van der Waals surface area contributed by atoms with E-state index < -0.39 is 0 Å². The third kappa shape index (κ3) is 3.52. The molecule has 0 radical (unpaired) electrons. The zero-order chi connectivity index (χ0) is 13.7. The number of oxime groups is 1. The van der Waals surface area contributed by atoms with Crippen molar-refractivity contribution < 1.29 is 9.63 Å². The van der Waals surface area contributed by atoms with Gasteiger partial charge in [0.1, 0.15) is 17.8 Å². The molecule has 0 atom stereocenters. The van der Waals surface area contributed by atoms with Crippen LogP contribution in [0, 0.1) is 0 Å². The van der Waals surface area contributed by atoms with Crippen LogP contribution in [0.2, 0.25) is 0 Å². The summed E-state index contributed by atoms with van der Waals surface area (Å²) in [5, 5.41) is 6.02. The number of hydrogen-bond donors (Lipinski definition) is 1. The standard InChI is InChI=1S/C11H10N4O2S2/c1-17-15-9(7-6-18-11(12)14-7)10(16)19-8-4-2-3-5-13-8/h2-6H,1H3,(H2,12,14)/b15-9-. The Morgan fingerprint density at radius 1 is 1.53 bits per heavy atom. The molecule has 0 aromatic carbocycles. The maximum absolute atomic E-state index is 12.1. The van der Waals surface area contributed by atoms with Crippen molar-refractivity contribution >= 4 is 39.1 Å². The van der Waals surface area contributed by atoms with Crippen LogP contribution in [0.25, 0.3) is 0 Å². The number of nitrogens with zero attached hydrogens (tertiary/aromatic N) is 3. The van der Waals surface area contributed by atoms with E-state index in [0.717, 1.165) is 11.8 Å². The quantitative estimate of drug-likeness (QED) is 0.525. The van der Waals surface area contributed by atoms with Gasteiger partial charge in [-0.2, -0.15) is 0 Å². The van der Waals surface area contributed by atoms with Crippen LogP contribution in [0.3, 0.4) is 0 Å². The fraction of sp³-hybridized carbons (Fsp3) is 0.0909. The first kappa shape index (κ1) is 13.5. The zero-order valence-corrected chi connectivity index (χ0v) is 11.6. The van der Waals surface area contributed by atoms with Crippen LogP contribution in [0.15, 0.2) is 40.0 Å². The number of nitrogens with two attached hydrogens (primary N) is 1. The second-order valence-electron chi connectivity index (χ2n) is 3.25. The summed E-state index contributed by atoms with van der Waals surface area (Å²) in [4.78, 5) is 24.9. The Morgan fingerprint density at radius 2 is 2.37 bits per heavy atom. The second kappa shape index (κ2) is 6.30. The lowest BCUT2D eigenvalue weighted by Gasteiger charge is -2.01. The van der Waals surface area contributed by atoms with Crippen molar-refractivity contribution in [1.82, 2.24) is 9.97 Å². The molecule has 0 aliphatic carbocycles. The summed E-state index contributed by atoms with van der Waals surface area (Å²) < 4.78 is 0. The molecule has 6 nitrogen and oxygen atoms in total. The van der Waals surface area contributed by atoms with E-state index in [4.69, 9.17) is 5.73 Å². The van der Waals surface area contributed by atoms with Gasteiger partial charge in [0.25, 0.3) is 0 Å². The summed E-state index contributed by atoms with van der Waals surface area (Å²) >= 11 is 2.19. The Morgan fingerprint density at radius 3 is 2.95 bits per heavy atom. The molecule has 98 valence electrons. The Balaban J connectivity index is 2.21. The zero-order valence-electron chi connectivity index (χ0n) is 9.94. The first-order chi connectivity index (χ1) is 9.20. The molecule has 0 aliphatic heterocycles. The van der Waals surface area contributed by atoms with Crippen LogP contribution < -0.4 is 5.73 Å². The van der Waals surface area contributed by atoms with Crippen molar-refractivity contribution in [2.45, 2.75) is 5.03 Å².